The van der Waals surface area contributed by atoms with Gasteiger partial charge in [0.15, 0.2) is 0 Å². The molecule has 2 rings (SSSR count). The van der Waals surface area contributed by atoms with E-state index in [4.69, 9.17) is 4.74 Å². The fourth-order valence-electron chi connectivity index (χ4n) is 3.12. The van der Waals surface area contributed by atoms with Gasteiger partial charge >= 0.3 is 12.1 Å². The quantitative estimate of drug-likeness (QED) is 0.730. The number of rotatable bonds is 4. The summed E-state index contributed by atoms with van der Waals surface area (Å²) in [6.45, 7) is 3.59. The number of hydrogen-bond acceptors (Lipinski definition) is 3. The van der Waals surface area contributed by atoms with Gasteiger partial charge in [0.2, 0.25) is 0 Å². The van der Waals surface area contributed by atoms with Crippen molar-refractivity contribution < 1.29 is 19.4 Å². The largest absolute Gasteiger partial charge is 0.481 e. The van der Waals surface area contributed by atoms with Crippen LogP contribution in [0.3, 0.4) is 0 Å². The molecule has 3 atom stereocenters. The second-order valence-electron chi connectivity index (χ2n) is 4.89. The van der Waals surface area contributed by atoms with Crippen molar-refractivity contribution in [2.75, 3.05) is 6.61 Å². The van der Waals surface area contributed by atoms with Gasteiger partial charge in [0.05, 0.1) is 5.41 Å². The first kappa shape index (κ1) is 12.0. The summed E-state index contributed by atoms with van der Waals surface area (Å²) in [5.41, 5.74) is -0.766. The van der Waals surface area contributed by atoms with Gasteiger partial charge in [0.25, 0.3) is 0 Å². The molecule has 0 aromatic heterocycles. The summed E-state index contributed by atoms with van der Waals surface area (Å²) in [6, 6.07) is -0.295. The standard InChI is InChI=1S/C12H17NO4/c1-2-5-17-11(16)13-9-6-8-3-4-12(9,7-8)10(14)15/h2,8-9H,1,3-7H2,(H,13,16)(H,14,15)/t8-,9+,12+/m1/s1. The minimum Gasteiger partial charge on any atom is -0.481 e. The summed E-state index contributed by atoms with van der Waals surface area (Å²) in [6.07, 6.45) is 3.95. The maximum absolute atomic E-state index is 11.4. The van der Waals surface area contributed by atoms with Crippen LogP contribution in [0.5, 0.6) is 0 Å². The molecule has 2 aliphatic carbocycles. The van der Waals surface area contributed by atoms with E-state index in [9.17, 15) is 14.7 Å². The molecular weight excluding hydrogens is 222 g/mol. The van der Waals surface area contributed by atoms with Crippen LogP contribution in [0, 0.1) is 11.3 Å². The molecule has 17 heavy (non-hydrogen) atoms. The summed E-state index contributed by atoms with van der Waals surface area (Å²) in [7, 11) is 0. The van der Waals surface area contributed by atoms with E-state index >= 15 is 0 Å². The molecule has 0 saturated heterocycles. The first-order valence-corrected chi connectivity index (χ1v) is 5.86. The fourth-order valence-corrected chi connectivity index (χ4v) is 3.12. The second kappa shape index (κ2) is 4.39. The summed E-state index contributed by atoms with van der Waals surface area (Å²) in [5.74, 6) is -0.373. The van der Waals surface area contributed by atoms with E-state index in [0.717, 1.165) is 12.8 Å². The van der Waals surface area contributed by atoms with Crippen molar-refractivity contribution in [3.63, 3.8) is 0 Å². The first-order valence-electron chi connectivity index (χ1n) is 5.86. The van der Waals surface area contributed by atoms with Gasteiger partial charge in [-0.1, -0.05) is 12.7 Å². The van der Waals surface area contributed by atoms with E-state index in [1.165, 1.54) is 6.08 Å². The van der Waals surface area contributed by atoms with Crippen LogP contribution in [-0.4, -0.2) is 29.8 Å². The Hall–Kier alpha value is -1.52. The van der Waals surface area contributed by atoms with Gasteiger partial charge in [-0.2, -0.15) is 0 Å². The molecule has 0 aromatic rings. The number of carboxylic acids is 1. The second-order valence-corrected chi connectivity index (χ2v) is 4.89. The van der Waals surface area contributed by atoms with Gasteiger partial charge in [-0.3, -0.25) is 4.79 Å². The molecule has 2 fully saturated rings. The summed E-state index contributed by atoms with van der Waals surface area (Å²) in [5, 5.41) is 12.0. The zero-order valence-corrected chi connectivity index (χ0v) is 9.65. The monoisotopic (exact) mass is 239 g/mol. The Morgan fingerprint density at radius 3 is 2.94 bits per heavy atom. The molecular formula is C12H17NO4. The average Bonchev–Trinajstić information content (AvgIpc) is 2.85. The molecule has 2 bridgehead atoms. The van der Waals surface area contributed by atoms with Gasteiger partial charge in [-0.05, 0) is 31.6 Å². The summed E-state index contributed by atoms with van der Waals surface area (Å²) >= 11 is 0. The van der Waals surface area contributed by atoms with Gasteiger partial charge < -0.3 is 15.2 Å². The predicted molar refractivity (Wildman–Crippen MR) is 60.5 cm³/mol. The van der Waals surface area contributed by atoms with Crippen molar-refractivity contribution in [3.8, 4) is 0 Å². The van der Waals surface area contributed by atoms with Crippen LogP contribution < -0.4 is 5.32 Å². The van der Waals surface area contributed by atoms with Crippen molar-refractivity contribution in [3.05, 3.63) is 12.7 Å². The molecule has 1 amide bonds. The fraction of sp³-hybridized carbons (Fsp3) is 0.667. The van der Waals surface area contributed by atoms with E-state index in [1.54, 1.807) is 0 Å². The molecule has 0 aromatic carbocycles. The number of carboxylic acid groups (broad SMARTS) is 1. The molecule has 5 heteroatoms. The van der Waals surface area contributed by atoms with Crippen LogP contribution in [0.15, 0.2) is 12.7 Å². The van der Waals surface area contributed by atoms with Crippen molar-refractivity contribution in [1.82, 2.24) is 5.32 Å². The van der Waals surface area contributed by atoms with Crippen LogP contribution in [0.1, 0.15) is 25.7 Å². The molecule has 2 N–H and O–H groups in total. The Kier molecular flexibility index (Phi) is 3.09. The Bertz CT molecular complexity index is 354. The number of ether oxygens (including phenoxy) is 1. The van der Waals surface area contributed by atoms with Gasteiger partial charge in [0, 0.05) is 6.04 Å². The van der Waals surface area contributed by atoms with Crippen LogP contribution in [0.4, 0.5) is 4.79 Å². The minimum atomic E-state index is -0.800. The molecule has 0 radical (unpaired) electrons. The van der Waals surface area contributed by atoms with E-state index < -0.39 is 17.5 Å². The number of fused-ring (bicyclic) bond motifs is 2. The highest BCUT2D eigenvalue weighted by Crippen LogP contribution is 2.54. The van der Waals surface area contributed by atoms with Crippen molar-refractivity contribution in [1.29, 1.82) is 0 Å². The normalized spacial score (nSPS) is 34.4. The van der Waals surface area contributed by atoms with E-state index in [0.29, 0.717) is 18.8 Å². The third kappa shape index (κ3) is 2.01. The molecule has 2 saturated carbocycles. The molecule has 0 unspecified atom stereocenters. The Labute approximate surface area is 99.8 Å². The van der Waals surface area contributed by atoms with Gasteiger partial charge in [-0.15, -0.1) is 0 Å². The number of aliphatic carboxylic acids is 1. The lowest BCUT2D eigenvalue weighted by atomic mass is 9.80. The number of carbonyl (C=O) groups excluding carboxylic acids is 1. The Morgan fingerprint density at radius 1 is 1.59 bits per heavy atom. The summed E-state index contributed by atoms with van der Waals surface area (Å²) < 4.78 is 4.82. The molecule has 2 aliphatic rings. The van der Waals surface area contributed by atoms with Crippen LogP contribution >= 0.6 is 0 Å². The zero-order valence-electron chi connectivity index (χ0n) is 9.65. The smallest absolute Gasteiger partial charge is 0.407 e. The van der Waals surface area contributed by atoms with Crippen molar-refractivity contribution in [2.24, 2.45) is 11.3 Å². The summed E-state index contributed by atoms with van der Waals surface area (Å²) in [4.78, 5) is 22.8. The predicted octanol–water partition coefficient (Wildman–Crippen LogP) is 1.54. The lowest BCUT2D eigenvalue weighted by Gasteiger charge is -2.31. The van der Waals surface area contributed by atoms with Crippen molar-refractivity contribution >= 4 is 12.1 Å². The molecule has 94 valence electrons. The molecule has 0 aliphatic heterocycles. The maximum atomic E-state index is 11.4. The Balaban J connectivity index is 1.99. The van der Waals surface area contributed by atoms with Crippen LogP contribution in [0.25, 0.3) is 0 Å². The lowest BCUT2D eigenvalue weighted by molar-refractivity contribution is -0.149. The number of alkyl carbamates (subject to hydrolysis) is 1. The maximum Gasteiger partial charge on any atom is 0.407 e. The molecule has 0 heterocycles. The highest BCUT2D eigenvalue weighted by atomic mass is 16.5. The SMILES string of the molecule is C=CCOC(=O)N[C@H]1C[C@H]2CC[C@]1(C(=O)O)C2. The minimum absolute atomic E-state index is 0.141. The Morgan fingerprint density at radius 2 is 2.35 bits per heavy atom. The van der Waals surface area contributed by atoms with Gasteiger partial charge in [-0.25, -0.2) is 4.79 Å². The molecule has 5 nitrogen and oxygen atoms in total. The third-order valence-electron chi connectivity index (χ3n) is 3.94. The van der Waals surface area contributed by atoms with E-state index in [1.807, 2.05) is 0 Å². The van der Waals surface area contributed by atoms with E-state index in [-0.39, 0.29) is 12.6 Å². The lowest BCUT2D eigenvalue weighted by Crippen LogP contribution is -2.49. The first-order chi connectivity index (χ1) is 8.08. The van der Waals surface area contributed by atoms with Crippen LogP contribution in [0.2, 0.25) is 0 Å². The van der Waals surface area contributed by atoms with Crippen molar-refractivity contribution in [2.45, 2.75) is 31.7 Å². The topological polar surface area (TPSA) is 75.6 Å². The van der Waals surface area contributed by atoms with Gasteiger partial charge in [0.1, 0.15) is 6.61 Å². The number of carbonyl (C=O) groups is 2. The van der Waals surface area contributed by atoms with Crippen LogP contribution in [-0.2, 0) is 9.53 Å². The highest BCUT2D eigenvalue weighted by Gasteiger charge is 2.57. The third-order valence-corrected chi connectivity index (χ3v) is 3.94. The highest BCUT2D eigenvalue weighted by molar-refractivity contribution is 5.78. The zero-order chi connectivity index (χ0) is 12.5. The molecule has 0 spiro atoms. The number of amides is 1. The average molecular weight is 239 g/mol. The number of hydrogen-bond donors (Lipinski definition) is 2. The van der Waals surface area contributed by atoms with E-state index in [2.05, 4.69) is 11.9 Å². The number of nitrogens with one attached hydrogen (secondary N) is 1.